The molecule has 0 radical (unpaired) electrons. The van der Waals surface area contributed by atoms with Crippen molar-refractivity contribution in [2.45, 2.75) is 17.1 Å². The summed E-state index contributed by atoms with van der Waals surface area (Å²) < 4.78 is 2.02. The molecule has 0 saturated carbocycles. The van der Waals surface area contributed by atoms with Crippen LogP contribution < -0.4 is 5.73 Å². The van der Waals surface area contributed by atoms with Crippen molar-refractivity contribution in [3.8, 4) is 0 Å². The number of carbonyl (C=O) groups is 1. The van der Waals surface area contributed by atoms with E-state index < -0.39 is 0 Å². The van der Waals surface area contributed by atoms with Crippen molar-refractivity contribution in [3.63, 3.8) is 0 Å². The lowest BCUT2D eigenvalue weighted by Gasteiger charge is -2.18. The third-order valence-corrected chi connectivity index (χ3v) is 5.92. The number of hydrogen-bond donors (Lipinski definition) is 1. The van der Waals surface area contributed by atoms with Gasteiger partial charge in [-0.2, -0.15) is 0 Å². The number of nitrogens with zero attached hydrogens (tertiary/aromatic N) is 3. The molecule has 1 aromatic carbocycles. The van der Waals surface area contributed by atoms with Crippen molar-refractivity contribution in [2.75, 3.05) is 19.6 Å². The number of rotatable bonds is 5. The number of thioether (sulfide) groups is 1. The molecule has 0 bridgehead atoms. The maximum Gasteiger partial charge on any atom is 0.254 e. The van der Waals surface area contributed by atoms with Crippen molar-refractivity contribution >= 4 is 23.3 Å². The van der Waals surface area contributed by atoms with Gasteiger partial charge >= 0.3 is 0 Å². The summed E-state index contributed by atoms with van der Waals surface area (Å²) in [6.07, 6.45) is 5.03. The van der Waals surface area contributed by atoms with Gasteiger partial charge in [-0.15, -0.1) is 11.8 Å². The number of amides is 1. The van der Waals surface area contributed by atoms with E-state index in [0.717, 1.165) is 47.1 Å². The van der Waals surface area contributed by atoms with Gasteiger partial charge in [0.2, 0.25) is 0 Å². The first-order valence-electron chi connectivity index (χ1n) is 8.88. The number of aromatic nitrogens is 2. The van der Waals surface area contributed by atoms with Crippen molar-refractivity contribution in [1.82, 2.24) is 14.3 Å². The zero-order valence-electron chi connectivity index (χ0n) is 14.5. The van der Waals surface area contributed by atoms with Crippen molar-refractivity contribution in [2.24, 2.45) is 11.7 Å². The van der Waals surface area contributed by atoms with E-state index in [0.29, 0.717) is 12.5 Å². The lowest BCUT2D eigenvalue weighted by molar-refractivity contribution is 0.0784. The second-order valence-corrected chi connectivity index (χ2v) is 7.64. The molecule has 1 amide bonds. The van der Waals surface area contributed by atoms with E-state index in [4.69, 9.17) is 5.73 Å². The molecule has 1 aliphatic heterocycles. The summed E-state index contributed by atoms with van der Waals surface area (Å²) in [4.78, 5) is 20.5. The van der Waals surface area contributed by atoms with E-state index in [1.54, 1.807) is 11.8 Å². The Balaban J connectivity index is 1.49. The highest BCUT2D eigenvalue weighted by atomic mass is 32.2. The van der Waals surface area contributed by atoms with Crippen LogP contribution in [0.2, 0.25) is 0 Å². The fourth-order valence-electron chi connectivity index (χ4n) is 3.36. The van der Waals surface area contributed by atoms with Gasteiger partial charge < -0.3 is 15.0 Å². The van der Waals surface area contributed by atoms with Gasteiger partial charge in [0.05, 0.1) is 11.3 Å². The van der Waals surface area contributed by atoms with Crippen LogP contribution in [0, 0.1) is 5.92 Å². The van der Waals surface area contributed by atoms with Gasteiger partial charge in [-0.25, -0.2) is 4.98 Å². The Bertz CT molecular complexity index is 890. The highest BCUT2D eigenvalue weighted by Crippen LogP contribution is 2.28. The van der Waals surface area contributed by atoms with Crippen LogP contribution in [0.5, 0.6) is 0 Å². The molecule has 0 aliphatic carbocycles. The lowest BCUT2D eigenvalue weighted by atomic mass is 10.1. The highest BCUT2D eigenvalue weighted by Gasteiger charge is 2.27. The zero-order valence-corrected chi connectivity index (χ0v) is 15.4. The number of benzene rings is 1. The monoisotopic (exact) mass is 366 g/mol. The van der Waals surface area contributed by atoms with Crippen molar-refractivity contribution in [3.05, 3.63) is 66.1 Å². The second kappa shape index (κ2) is 7.51. The Kier molecular flexibility index (Phi) is 4.95. The summed E-state index contributed by atoms with van der Waals surface area (Å²) in [6, 6.07) is 13.8. The first-order valence-corrected chi connectivity index (χ1v) is 9.87. The third kappa shape index (κ3) is 3.48. The predicted octanol–water partition coefficient (Wildman–Crippen LogP) is 3.05. The number of likely N-dealkylation sites (tertiary alicyclic amines) is 1. The maximum absolute atomic E-state index is 12.9. The van der Waals surface area contributed by atoms with E-state index >= 15 is 0 Å². The molecular formula is C20H22N4OS. The first kappa shape index (κ1) is 17.1. The topological polar surface area (TPSA) is 63.6 Å². The molecular weight excluding hydrogens is 344 g/mol. The molecule has 3 aromatic rings. The van der Waals surface area contributed by atoms with Crippen LogP contribution in [0.4, 0.5) is 0 Å². The SMILES string of the molecule is NCC1CCN(C(=O)c2ccccc2SCc2cn3ccccc3n2)C1. The fraction of sp³-hybridized carbons (Fsp3) is 0.300. The summed E-state index contributed by atoms with van der Waals surface area (Å²) >= 11 is 1.66. The Morgan fingerprint density at radius 2 is 2.08 bits per heavy atom. The predicted molar refractivity (Wildman–Crippen MR) is 104 cm³/mol. The van der Waals surface area contributed by atoms with Crippen molar-refractivity contribution in [1.29, 1.82) is 0 Å². The Morgan fingerprint density at radius 1 is 1.23 bits per heavy atom. The van der Waals surface area contributed by atoms with E-state index in [2.05, 4.69) is 4.98 Å². The minimum Gasteiger partial charge on any atom is -0.338 e. The summed E-state index contributed by atoms with van der Waals surface area (Å²) in [6.45, 7) is 2.21. The Morgan fingerprint density at radius 3 is 2.88 bits per heavy atom. The van der Waals surface area contributed by atoms with Crippen LogP contribution in [0.25, 0.3) is 5.65 Å². The van der Waals surface area contributed by atoms with Crippen LogP contribution in [0.15, 0.2) is 59.8 Å². The summed E-state index contributed by atoms with van der Waals surface area (Å²) in [5.41, 5.74) is 8.48. The maximum atomic E-state index is 12.9. The number of imidazole rings is 1. The number of hydrogen-bond acceptors (Lipinski definition) is 4. The molecule has 4 rings (SSSR count). The summed E-state index contributed by atoms with van der Waals surface area (Å²) in [5.74, 6) is 1.27. The zero-order chi connectivity index (χ0) is 17.9. The highest BCUT2D eigenvalue weighted by molar-refractivity contribution is 7.98. The average molecular weight is 366 g/mol. The molecule has 5 nitrogen and oxygen atoms in total. The second-order valence-electron chi connectivity index (χ2n) is 6.62. The van der Waals surface area contributed by atoms with Crippen LogP contribution in [-0.4, -0.2) is 39.8 Å². The van der Waals surface area contributed by atoms with Crippen molar-refractivity contribution < 1.29 is 4.79 Å². The largest absolute Gasteiger partial charge is 0.338 e. The van der Waals surface area contributed by atoms with Gasteiger partial charge in [-0.05, 0) is 43.1 Å². The molecule has 0 spiro atoms. The van der Waals surface area contributed by atoms with Crippen LogP contribution in [0.3, 0.4) is 0 Å². The Labute approximate surface area is 157 Å². The normalized spacial score (nSPS) is 17.1. The standard InChI is InChI=1S/C20H22N4OS/c21-11-15-8-10-24(12-15)20(25)17-5-1-2-6-18(17)26-14-16-13-23-9-4-3-7-19(23)22-16/h1-7,9,13,15H,8,10-12,14,21H2. The molecule has 2 N–H and O–H groups in total. The van der Waals surface area contributed by atoms with Crippen LogP contribution in [-0.2, 0) is 5.75 Å². The minimum atomic E-state index is 0.110. The number of pyridine rings is 1. The summed E-state index contributed by atoms with van der Waals surface area (Å²) in [5, 5.41) is 0. The van der Waals surface area contributed by atoms with Gasteiger partial charge in [0, 0.05) is 36.1 Å². The average Bonchev–Trinajstić information content (AvgIpc) is 3.32. The minimum absolute atomic E-state index is 0.110. The first-order chi connectivity index (χ1) is 12.7. The van der Waals surface area contributed by atoms with E-state index in [9.17, 15) is 4.79 Å². The lowest BCUT2D eigenvalue weighted by Crippen LogP contribution is -2.30. The molecule has 6 heteroatoms. The number of fused-ring (bicyclic) bond motifs is 1. The van der Waals surface area contributed by atoms with Crippen LogP contribution >= 0.6 is 11.8 Å². The fourth-order valence-corrected chi connectivity index (χ4v) is 4.29. The number of carbonyl (C=O) groups excluding carboxylic acids is 1. The number of nitrogens with two attached hydrogens (primary N) is 1. The molecule has 3 heterocycles. The molecule has 2 aromatic heterocycles. The smallest absolute Gasteiger partial charge is 0.254 e. The van der Waals surface area contributed by atoms with Gasteiger partial charge in [-0.1, -0.05) is 18.2 Å². The molecule has 1 saturated heterocycles. The molecule has 1 fully saturated rings. The molecule has 1 unspecified atom stereocenters. The quantitative estimate of drug-likeness (QED) is 0.705. The third-order valence-electron chi connectivity index (χ3n) is 4.81. The summed E-state index contributed by atoms with van der Waals surface area (Å²) in [7, 11) is 0. The van der Waals surface area contributed by atoms with Gasteiger partial charge in [-0.3, -0.25) is 4.79 Å². The van der Waals surface area contributed by atoms with E-state index in [-0.39, 0.29) is 5.91 Å². The van der Waals surface area contributed by atoms with Crippen LogP contribution in [0.1, 0.15) is 22.5 Å². The molecule has 1 atom stereocenters. The van der Waals surface area contributed by atoms with Gasteiger partial charge in [0.1, 0.15) is 5.65 Å². The van der Waals surface area contributed by atoms with Gasteiger partial charge in [0.15, 0.2) is 0 Å². The molecule has 26 heavy (non-hydrogen) atoms. The van der Waals surface area contributed by atoms with E-state index in [1.807, 2.05) is 64.2 Å². The molecule has 134 valence electrons. The molecule has 1 aliphatic rings. The Hall–Kier alpha value is -2.31. The van der Waals surface area contributed by atoms with E-state index in [1.165, 1.54) is 0 Å². The van der Waals surface area contributed by atoms with Gasteiger partial charge in [0.25, 0.3) is 5.91 Å².